The van der Waals surface area contributed by atoms with Gasteiger partial charge >= 0.3 is 5.97 Å². The van der Waals surface area contributed by atoms with E-state index in [9.17, 15) is 14.4 Å². The molecule has 132 valence electrons. The lowest BCUT2D eigenvalue weighted by molar-refractivity contribution is -0.147. The molecule has 0 spiro atoms. The number of carbonyl (C=O) groups excluding carboxylic acids is 3. The smallest absolute Gasteiger partial charge is 0.328 e. The van der Waals surface area contributed by atoms with Gasteiger partial charge < -0.3 is 10.1 Å². The highest BCUT2D eigenvalue weighted by Crippen LogP contribution is 2.19. The van der Waals surface area contributed by atoms with E-state index < -0.39 is 17.9 Å². The van der Waals surface area contributed by atoms with E-state index in [4.69, 9.17) is 4.74 Å². The van der Waals surface area contributed by atoms with Gasteiger partial charge in [-0.15, -0.1) is 0 Å². The van der Waals surface area contributed by atoms with Crippen molar-refractivity contribution in [3.63, 3.8) is 0 Å². The molecule has 1 N–H and O–H groups in total. The summed E-state index contributed by atoms with van der Waals surface area (Å²) in [6.07, 6.45) is 4.30. The van der Waals surface area contributed by atoms with Crippen LogP contribution in [0.4, 0.5) is 0 Å². The molecule has 7 heteroatoms. The minimum absolute atomic E-state index is 0.00812. The first-order valence-electron chi connectivity index (χ1n) is 7.95. The van der Waals surface area contributed by atoms with Gasteiger partial charge in [0, 0.05) is 24.7 Å². The summed E-state index contributed by atoms with van der Waals surface area (Å²) in [5, 5.41) is 2.70. The van der Waals surface area contributed by atoms with Gasteiger partial charge in [0.1, 0.15) is 11.7 Å². The minimum atomic E-state index is -0.740. The molecule has 7 nitrogen and oxygen atoms in total. The number of rotatable bonds is 8. The molecule has 1 amide bonds. The largest absolute Gasteiger partial charge is 0.467 e. The quantitative estimate of drug-likeness (QED) is 0.573. The molecule has 2 atom stereocenters. The van der Waals surface area contributed by atoms with Crippen LogP contribution in [-0.2, 0) is 14.3 Å². The number of Topliss-reactive ketones (excluding diaryl/α,β-unsaturated/α-hetero) is 1. The molecular weight excluding hydrogens is 310 g/mol. The lowest BCUT2D eigenvalue weighted by Gasteiger charge is -2.25. The summed E-state index contributed by atoms with van der Waals surface area (Å²) in [5.41, 5.74) is 0.226. The maximum Gasteiger partial charge on any atom is 0.328 e. The maximum atomic E-state index is 12.6. The Balaban J connectivity index is 2.85. The summed E-state index contributed by atoms with van der Waals surface area (Å²) in [5.74, 6) is -1.85. The van der Waals surface area contributed by atoms with Crippen LogP contribution in [0, 0.1) is 17.8 Å². The maximum absolute atomic E-state index is 12.6. The highest BCUT2D eigenvalue weighted by Gasteiger charge is 2.31. The van der Waals surface area contributed by atoms with Crippen LogP contribution in [0.2, 0.25) is 0 Å². The van der Waals surface area contributed by atoms with Crippen LogP contribution in [0.3, 0.4) is 0 Å². The van der Waals surface area contributed by atoms with Gasteiger partial charge in [0.05, 0.1) is 13.3 Å². The third-order valence-electron chi connectivity index (χ3n) is 3.82. The van der Waals surface area contributed by atoms with Gasteiger partial charge in [0.25, 0.3) is 0 Å². The molecule has 1 aromatic rings. The first-order chi connectivity index (χ1) is 11.3. The monoisotopic (exact) mass is 335 g/mol. The summed E-state index contributed by atoms with van der Waals surface area (Å²) < 4.78 is 4.73. The Hall–Kier alpha value is -2.31. The second-order valence-corrected chi connectivity index (χ2v) is 6.32. The fourth-order valence-corrected chi connectivity index (χ4v) is 2.26. The van der Waals surface area contributed by atoms with Crippen LogP contribution in [0.15, 0.2) is 18.6 Å². The Labute approximate surface area is 142 Å². The lowest BCUT2D eigenvalue weighted by atomic mass is 9.88. The van der Waals surface area contributed by atoms with Crippen molar-refractivity contribution in [1.82, 2.24) is 15.3 Å². The highest BCUT2D eigenvalue weighted by atomic mass is 16.5. The number of nitrogens with zero attached hydrogens (tertiary/aromatic N) is 2. The number of carbonyl (C=O) groups is 3. The molecule has 0 aliphatic carbocycles. The predicted molar refractivity (Wildman–Crippen MR) is 88.1 cm³/mol. The minimum Gasteiger partial charge on any atom is -0.467 e. The van der Waals surface area contributed by atoms with Gasteiger partial charge in [-0.3, -0.25) is 14.6 Å². The van der Waals surface area contributed by atoms with Gasteiger partial charge in [-0.2, -0.15) is 0 Å². The molecule has 0 aliphatic heterocycles. The normalized spacial score (nSPS) is 13.5. The van der Waals surface area contributed by atoms with E-state index >= 15 is 0 Å². The van der Waals surface area contributed by atoms with Crippen molar-refractivity contribution >= 4 is 17.7 Å². The topological polar surface area (TPSA) is 98.2 Å². The molecule has 0 saturated carbocycles. The zero-order valence-corrected chi connectivity index (χ0v) is 14.8. The van der Waals surface area contributed by atoms with E-state index in [0.717, 1.165) is 0 Å². The van der Waals surface area contributed by atoms with E-state index in [-0.39, 0.29) is 35.6 Å². The van der Waals surface area contributed by atoms with Crippen molar-refractivity contribution in [2.75, 3.05) is 7.11 Å². The highest BCUT2D eigenvalue weighted by molar-refractivity contribution is 5.97. The number of amides is 1. The molecule has 0 aliphatic rings. The molecule has 0 saturated heterocycles. The molecule has 0 bridgehead atoms. The van der Waals surface area contributed by atoms with Gasteiger partial charge in [-0.05, 0) is 11.8 Å². The lowest BCUT2D eigenvalue weighted by Crippen LogP contribution is -2.48. The average molecular weight is 335 g/mol. The standard InChI is InChI=1S/C17H25N3O4/c1-10(2)12(8-14(21)13-9-18-6-7-19-13)16(22)20-15(11(3)4)17(23)24-5/h6-7,9-12,15H,8H2,1-5H3,(H,20,22)/t12-,15-/m0/s1. The fraction of sp³-hybridized carbons (Fsp3) is 0.588. The molecule has 0 fully saturated rings. The average Bonchev–Trinajstić information content (AvgIpc) is 2.56. The number of aromatic nitrogens is 2. The molecule has 24 heavy (non-hydrogen) atoms. The zero-order valence-electron chi connectivity index (χ0n) is 14.8. The van der Waals surface area contributed by atoms with Gasteiger partial charge in [-0.1, -0.05) is 27.7 Å². The van der Waals surface area contributed by atoms with E-state index in [1.165, 1.54) is 25.7 Å². The number of nitrogens with one attached hydrogen (secondary N) is 1. The van der Waals surface area contributed by atoms with Gasteiger partial charge in [0.2, 0.25) is 5.91 Å². The molecule has 1 aromatic heterocycles. The number of methoxy groups -OCH3 is 1. The first kappa shape index (κ1) is 19.7. The van der Waals surface area contributed by atoms with Crippen molar-refractivity contribution in [3.8, 4) is 0 Å². The Morgan fingerprint density at radius 1 is 1.12 bits per heavy atom. The Bertz CT molecular complexity index is 572. The summed E-state index contributed by atoms with van der Waals surface area (Å²) in [6.45, 7) is 7.35. The number of hydrogen-bond acceptors (Lipinski definition) is 6. The van der Waals surface area contributed by atoms with Gasteiger partial charge in [0.15, 0.2) is 5.78 Å². The third kappa shape index (κ3) is 5.40. The number of esters is 1. The summed E-state index contributed by atoms with van der Waals surface area (Å²) in [4.78, 5) is 44.5. The van der Waals surface area contributed by atoms with Crippen molar-refractivity contribution in [2.45, 2.75) is 40.2 Å². The fourth-order valence-electron chi connectivity index (χ4n) is 2.26. The molecule has 1 heterocycles. The summed E-state index contributed by atoms with van der Waals surface area (Å²) >= 11 is 0. The van der Waals surface area contributed by atoms with E-state index in [2.05, 4.69) is 15.3 Å². The van der Waals surface area contributed by atoms with Crippen LogP contribution >= 0.6 is 0 Å². The molecule has 0 radical (unpaired) electrons. The predicted octanol–water partition coefficient (Wildman–Crippen LogP) is 1.64. The third-order valence-corrected chi connectivity index (χ3v) is 3.82. The second kappa shape index (κ2) is 9.10. The second-order valence-electron chi connectivity index (χ2n) is 6.32. The Morgan fingerprint density at radius 2 is 1.79 bits per heavy atom. The van der Waals surface area contributed by atoms with Crippen LogP contribution < -0.4 is 5.32 Å². The van der Waals surface area contributed by atoms with Crippen LogP contribution in [0.5, 0.6) is 0 Å². The summed E-state index contributed by atoms with van der Waals surface area (Å²) in [7, 11) is 1.28. The SMILES string of the molecule is COC(=O)[C@@H](NC(=O)[C@@H](CC(=O)c1cnccn1)C(C)C)C(C)C. The molecule has 1 rings (SSSR count). The van der Waals surface area contributed by atoms with E-state index in [1.54, 1.807) is 0 Å². The van der Waals surface area contributed by atoms with Crippen molar-refractivity contribution < 1.29 is 19.1 Å². The van der Waals surface area contributed by atoms with Crippen molar-refractivity contribution in [1.29, 1.82) is 0 Å². The number of ketones is 1. The number of ether oxygens (including phenoxy) is 1. The molecule has 0 unspecified atom stereocenters. The van der Waals surface area contributed by atoms with Crippen LogP contribution in [-0.4, -0.2) is 40.8 Å². The Morgan fingerprint density at radius 3 is 2.25 bits per heavy atom. The summed E-state index contributed by atoms with van der Waals surface area (Å²) in [6, 6.07) is -0.740. The number of hydrogen-bond donors (Lipinski definition) is 1. The van der Waals surface area contributed by atoms with Crippen molar-refractivity contribution in [2.24, 2.45) is 17.8 Å². The molecular formula is C17H25N3O4. The molecule has 0 aromatic carbocycles. The van der Waals surface area contributed by atoms with Gasteiger partial charge in [-0.25, -0.2) is 9.78 Å². The van der Waals surface area contributed by atoms with E-state index in [0.29, 0.717) is 0 Å². The van der Waals surface area contributed by atoms with E-state index in [1.807, 2.05) is 27.7 Å². The first-order valence-corrected chi connectivity index (χ1v) is 7.95. The van der Waals surface area contributed by atoms with Crippen molar-refractivity contribution in [3.05, 3.63) is 24.3 Å². The Kier molecular flexibility index (Phi) is 7.48. The zero-order chi connectivity index (χ0) is 18.3. The van der Waals surface area contributed by atoms with Crippen LogP contribution in [0.25, 0.3) is 0 Å². The van der Waals surface area contributed by atoms with Crippen LogP contribution in [0.1, 0.15) is 44.6 Å².